The molecule has 0 aliphatic carbocycles. The molecule has 0 spiro atoms. The molecule has 0 fully saturated rings. The zero-order valence-corrected chi connectivity index (χ0v) is 9.53. The van der Waals surface area contributed by atoms with E-state index in [4.69, 9.17) is 10.8 Å². The van der Waals surface area contributed by atoms with E-state index in [-0.39, 0.29) is 11.8 Å². The predicted molar refractivity (Wildman–Crippen MR) is 60.3 cm³/mol. The second-order valence-electron chi connectivity index (χ2n) is 3.19. The van der Waals surface area contributed by atoms with Gasteiger partial charge in [0.1, 0.15) is 0 Å². The summed E-state index contributed by atoms with van der Waals surface area (Å²) in [5.41, 5.74) is 5.15. The number of hydrogen-bond donors (Lipinski definition) is 2. The molecule has 1 atom stereocenters. The summed E-state index contributed by atoms with van der Waals surface area (Å²) in [7, 11) is 0. The van der Waals surface area contributed by atoms with Crippen molar-refractivity contribution in [2.75, 3.05) is 0 Å². The zero-order valence-electron chi connectivity index (χ0n) is 9.53. The maximum absolute atomic E-state index is 10.7. The smallest absolute Gasteiger partial charge is 0.327 e. The van der Waals surface area contributed by atoms with Gasteiger partial charge in [0.15, 0.2) is 0 Å². The van der Waals surface area contributed by atoms with Crippen molar-refractivity contribution in [3.05, 3.63) is 12.7 Å². The van der Waals surface area contributed by atoms with Crippen molar-refractivity contribution >= 4 is 11.9 Å². The van der Waals surface area contributed by atoms with Crippen LogP contribution in [0.1, 0.15) is 39.5 Å². The molecule has 0 radical (unpaired) electrons. The van der Waals surface area contributed by atoms with E-state index in [0.717, 1.165) is 31.8 Å². The molecule has 0 rings (SSSR count). The number of aliphatic carboxylic acids is 1. The predicted octanol–water partition coefficient (Wildman–Crippen LogP) is 1.95. The second-order valence-corrected chi connectivity index (χ2v) is 3.19. The van der Waals surface area contributed by atoms with Crippen LogP contribution in [0.4, 0.5) is 0 Å². The summed E-state index contributed by atoms with van der Waals surface area (Å²) in [5.74, 6) is -1.01. The molecule has 4 heteroatoms. The fourth-order valence-electron chi connectivity index (χ4n) is 0.998. The first kappa shape index (κ1) is 16.1. The van der Waals surface area contributed by atoms with Gasteiger partial charge in [0, 0.05) is 12.0 Å². The number of carbonyl (C=O) groups excluding carboxylic acids is 1. The summed E-state index contributed by atoms with van der Waals surface area (Å²) in [6, 6.07) is 0. The number of nitrogens with two attached hydrogens (primary N) is 1. The molecule has 0 aliphatic heterocycles. The van der Waals surface area contributed by atoms with Crippen molar-refractivity contribution in [3.8, 4) is 0 Å². The van der Waals surface area contributed by atoms with Gasteiger partial charge in [-0.1, -0.05) is 33.3 Å². The van der Waals surface area contributed by atoms with Crippen molar-refractivity contribution < 1.29 is 14.7 Å². The van der Waals surface area contributed by atoms with Gasteiger partial charge >= 0.3 is 5.97 Å². The van der Waals surface area contributed by atoms with Crippen LogP contribution < -0.4 is 5.73 Å². The van der Waals surface area contributed by atoms with Crippen LogP contribution in [-0.4, -0.2) is 17.0 Å². The number of rotatable bonds is 6. The molecule has 3 N–H and O–H groups in total. The van der Waals surface area contributed by atoms with Gasteiger partial charge in [-0.05, 0) is 12.8 Å². The van der Waals surface area contributed by atoms with Crippen molar-refractivity contribution in [3.63, 3.8) is 0 Å². The number of hydrogen-bond acceptors (Lipinski definition) is 2. The Hall–Kier alpha value is -1.32. The Labute approximate surface area is 91.2 Å². The summed E-state index contributed by atoms with van der Waals surface area (Å²) in [5, 5.41) is 7.60. The van der Waals surface area contributed by atoms with E-state index in [9.17, 15) is 9.59 Å². The number of carboxylic acid groups (broad SMARTS) is 1. The Balaban J connectivity index is 0. The fraction of sp³-hybridized carbons (Fsp3) is 0.636. The average molecular weight is 215 g/mol. The lowest BCUT2D eigenvalue weighted by molar-refractivity contribution is -0.131. The Bertz CT molecular complexity index is 202. The maximum atomic E-state index is 10.7. The Kier molecular flexibility index (Phi) is 11.6. The topological polar surface area (TPSA) is 80.4 Å². The van der Waals surface area contributed by atoms with E-state index < -0.39 is 5.97 Å². The second kappa shape index (κ2) is 10.8. The molecule has 0 aliphatic rings. The number of carboxylic acids is 1. The molecule has 15 heavy (non-hydrogen) atoms. The molecule has 1 amide bonds. The Morgan fingerprint density at radius 3 is 2.13 bits per heavy atom. The number of carbonyl (C=O) groups is 2. The van der Waals surface area contributed by atoms with Crippen molar-refractivity contribution in [2.45, 2.75) is 39.5 Å². The average Bonchev–Trinajstić information content (AvgIpc) is 2.19. The van der Waals surface area contributed by atoms with Gasteiger partial charge in [-0.2, -0.15) is 0 Å². The lowest BCUT2D eigenvalue weighted by Crippen LogP contribution is -2.22. The van der Waals surface area contributed by atoms with Crippen LogP contribution in [-0.2, 0) is 9.59 Å². The normalized spacial score (nSPS) is 10.8. The van der Waals surface area contributed by atoms with Crippen molar-refractivity contribution in [2.24, 2.45) is 11.7 Å². The highest BCUT2D eigenvalue weighted by atomic mass is 16.4. The van der Waals surface area contributed by atoms with Gasteiger partial charge in [0.2, 0.25) is 5.91 Å². The fourth-order valence-corrected chi connectivity index (χ4v) is 0.998. The summed E-state index contributed by atoms with van der Waals surface area (Å²) < 4.78 is 0. The third-order valence-electron chi connectivity index (χ3n) is 1.98. The molecular formula is C11H21NO3. The summed E-state index contributed by atoms with van der Waals surface area (Å²) in [6.45, 7) is 7.08. The van der Waals surface area contributed by atoms with E-state index in [1.165, 1.54) is 0 Å². The van der Waals surface area contributed by atoms with Gasteiger partial charge < -0.3 is 10.8 Å². The van der Waals surface area contributed by atoms with Crippen LogP contribution in [0.15, 0.2) is 12.7 Å². The van der Waals surface area contributed by atoms with Crippen molar-refractivity contribution in [1.82, 2.24) is 0 Å². The highest BCUT2D eigenvalue weighted by Crippen LogP contribution is 2.10. The minimum absolute atomic E-state index is 0.111. The van der Waals surface area contributed by atoms with Gasteiger partial charge in [0.25, 0.3) is 0 Å². The largest absolute Gasteiger partial charge is 0.478 e. The highest BCUT2D eigenvalue weighted by Gasteiger charge is 2.10. The van der Waals surface area contributed by atoms with Crippen LogP contribution in [0.3, 0.4) is 0 Å². The van der Waals surface area contributed by atoms with E-state index in [1.54, 1.807) is 0 Å². The maximum Gasteiger partial charge on any atom is 0.327 e. The van der Waals surface area contributed by atoms with E-state index in [1.807, 2.05) is 6.92 Å². The molecule has 1 unspecified atom stereocenters. The summed E-state index contributed by atoms with van der Waals surface area (Å²) in [6.07, 6.45) is 4.93. The zero-order chi connectivity index (χ0) is 12.3. The minimum atomic E-state index is -0.981. The Morgan fingerprint density at radius 1 is 1.47 bits per heavy atom. The van der Waals surface area contributed by atoms with Gasteiger partial charge in [-0.25, -0.2) is 4.79 Å². The highest BCUT2D eigenvalue weighted by molar-refractivity contribution is 5.78. The van der Waals surface area contributed by atoms with Crippen LogP contribution >= 0.6 is 0 Å². The number of unbranched alkanes of at least 4 members (excludes halogenated alkanes) is 1. The molecule has 0 saturated carbocycles. The third kappa shape index (κ3) is 12.7. The molecule has 0 saturated heterocycles. The molecule has 0 heterocycles. The molecule has 88 valence electrons. The standard InChI is InChI=1S/C8H17NO.C3H4O2/c1-3-5-6-7(4-2)8(9)10;1-2-3(4)5/h7H,3-6H2,1-2H3,(H2,9,10);2H,1H2,(H,4,5). The minimum Gasteiger partial charge on any atom is -0.478 e. The monoisotopic (exact) mass is 215 g/mol. The van der Waals surface area contributed by atoms with Crippen LogP contribution in [0.25, 0.3) is 0 Å². The lowest BCUT2D eigenvalue weighted by Gasteiger charge is -2.08. The molecular weight excluding hydrogens is 194 g/mol. The quantitative estimate of drug-likeness (QED) is 0.664. The van der Waals surface area contributed by atoms with Gasteiger partial charge in [0.05, 0.1) is 0 Å². The van der Waals surface area contributed by atoms with Crippen LogP contribution in [0.5, 0.6) is 0 Å². The molecule has 4 nitrogen and oxygen atoms in total. The third-order valence-corrected chi connectivity index (χ3v) is 1.98. The lowest BCUT2D eigenvalue weighted by atomic mass is 9.99. The molecule has 0 bridgehead atoms. The molecule has 0 aromatic rings. The molecule has 0 aromatic carbocycles. The summed E-state index contributed by atoms with van der Waals surface area (Å²) in [4.78, 5) is 19.9. The number of amides is 1. The van der Waals surface area contributed by atoms with E-state index in [0.29, 0.717) is 0 Å². The van der Waals surface area contributed by atoms with Gasteiger partial charge in [-0.3, -0.25) is 4.79 Å². The first-order chi connectivity index (χ1) is 6.99. The van der Waals surface area contributed by atoms with E-state index >= 15 is 0 Å². The first-order valence-corrected chi connectivity index (χ1v) is 5.14. The van der Waals surface area contributed by atoms with Crippen LogP contribution in [0, 0.1) is 5.92 Å². The van der Waals surface area contributed by atoms with Crippen molar-refractivity contribution in [1.29, 1.82) is 0 Å². The molecule has 0 aromatic heterocycles. The van der Waals surface area contributed by atoms with E-state index in [2.05, 4.69) is 13.5 Å². The first-order valence-electron chi connectivity index (χ1n) is 5.14. The summed E-state index contributed by atoms with van der Waals surface area (Å²) >= 11 is 0. The number of primary amides is 1. The van der Waals surface area contributed by atoms with Crippen LogP contribution in [0.2, 0.25) is 0 Å². The van der Waals surface area contributed by atoms with Gasteiger partial charge in [-0.15, -0.1) is 0 Å². The SMILES string of the molecule is C=CC(=O)O.CCCCC(CC)C(N)=O. The Morgan fingerprint density at radius 2 is 1.93 bits per heavy atom.